The van der Waals surface area contributed by atoms with Crippen LogP contribution in [0, 0.1) is 6.92 Å². The number of sulfonamides is 1. The van der Waals surface area contributed by atoms with Gasteiger partial charge in [0, 0.05) is 12.6 Å². The van der Waals surface area contributed by atoms with Gasteiger partial charge in [0.2, 0.25) is 10.0 Å². The number of benzene rings is 1. The third-order valence-electron chi connectivity index (χ3n) is 3.73. The first kappa shape index (κ1) is 14.5. The lowest BCUT2D eigenvalue weighted by Gasteiger charge is -2.28. The predicted molar refractivity (Wildman–Crippen MR) is 74.4 cm³/mol. The Morgan fingerprint density at radius 2 is 1.89 bits per heavy atom. The maximum Gasteiger partial charge on any atom is 0.243 e. The average Bonchev–Trinajstić information content (AvgIpc) is 2.89. The molecule has 1 aromatic carbocycles. The smallest absolute Gasteiger partial charge is 0.243 e. The topological polar surface area (TPSA) is 57.6 Å². The largest absolute Gasteiger partial charge is 0.395 e. The Morgan fingerprint density at radius 1 is 1.26 bits per heavy atom. The zero-order valence-corrected chi connectivity index (χ0v) is 12.1. The summed E-state index contributed by atoms with van der Waals surface area (Å²) >= 11 is 0. The van der Waals surface area contributed by atoms with Crippen LogP contribution < -0.4 is 0 Å². The molecule has 106 valence electrons. The molecule has 0 amide bonds. The zero-order chi connectivity index (χ0) is 13.9. The quantitative estimate of drug-likeness (QED) is 0.898. The molecule has 1 aliphatic rings. The molecule has 0 atom stereocenters. The summed E-state index contributed by atoms with van der Waals surface area (Å²) in [5.74, 6) is 0. The van der Waals surface area contributed by atoms with Crippen molar-refractivity contribution in [3.05, 3.63) is 29.8 Å². The fourth-order valence-corrected chi connectivity index (χ4v) is 4.67. The fourth-order valence-electron chi connectivity index (χ4n) is 2.76. The molecule has 5 heteroatoms. The van der Waals surface area contributed by atoms with Gasteiger partial charge in [0.1, 0.15) is 0 Å². The number of aliphatic hydroxyl groups excluding tert-OH is 1. The maximum atomic E-state index is 12.7. The molecule has 0 aromatic heterocycles. The van der Waals surface area contributed by atoms with Crippen molar-refractivity contribution in [3.63, 3.8) is 0 Å². The number of aryl methyl sites for hydroxylation is 1. The van der Waals surface area contributed by atoms with Crippen LogP contribution in [0.4, 0.5) is 0 Å². The van der Waals surface area contributed by atoms with Gasteiger partial charge in [-0.3, -0.25) is 0 Å². The van der Waals surface area contributed by atoms with E-state index in [0.29, 0.717) is 4.90 Å². The molecule has 1 aliphatic carbocycles. The molecule has 1 N–H and O–H groups in total. The van der Waals surface area contributed by atoms with Gasteiger partial charge >= 0.3 is 0 Å². The Kier molecular flexibility index (Phi) is 4.60. The molecular weight excluding hydrogens is 262 g/mol. The number of nitrogens with zero attached hydrogens (tertiary/aromatic N) is 1. The van der Waals surface area contributed by atoms with Crippen molar-refractivity contribution in [3.8, 4) is 0 Å². The molecule has 0 spiro atoms. The van der Waals surface area contributed by atoms with E-state index < -0.39 is 10.0 Å². The van der Waals surface area contributed by atoms with Gasteiger partial charge in [0.05, 0.1) is 11.5 Å². The number of hydrogen-bond acceptors (Lipinski definition) is 3. The molecule has 0 unspecified atom stereocenters. The van der Waals surface area contributed by atoms with Crippen molar-refractivity contribution in [2.24, 2.45) is 0 Å². The number of rotatable bonds is 5. The number of hydrogen-bond donors (Lipinski definition) is 1. The summed E-state index contributed by atoms with van der Waals surface area (Å²) in [4.78, 5) is 0.357. The zero-order valence-electron chi connectivity index (χ0n) is 11.2. The third kappa shape index (κ3) is 2.99. The molecule has 2 rings (SSSR count). The van der Waals surface area contributed by atoms with Crippen LogP contribution in [-0.2, 0) is 10.0 Å². The predicted octanol–water partition coefficient (Wildman–Crippen LogP) is 1.92. The van der Waals surface area contributed by atoms with Crippen LogP contribution in [0.2, 0.25) is 0 Å². The van der Waals surface area contributed by atoms with Crippen molar-refractivity contribution in [2.75, 3.05) is 13.2 Å². The first-order chi connectivity index (χ1) is 9.07. The Morgan fingerprint density at radius 3 is 2.47 bits per heavy atom. The summed E-state index contributed by atoms with van der Waals surface area (Å²) in [5.41, 5.74) is 0.753. The second-order valence-electron chi connectivity index (χ2n) is 5.04. The standard InChI is InChI=1S/C14H21NO3S/c1-12-6-2-5-9-14(12)19(17,18)15(10-11-16)13-7-3-4-8-13/h2,5-6,9,13,16H,3-4,7-8,10-11H2,1H3. The summed E-state index contributed by atoms with van der Waals surface area (Å²) in [6, 6.07) is 7.06. The highest BCUT2D eigenvalue weighted by Gasteiger charge is 2.33. The van der Waals surface area contributed by atoms with Crippen LogP contribution >= 0.6 is 0 Å². The van der Waals surface area contributed by atoms with Crippen molar-refractivity contribution < 1.29 is 13.5 Å². The minimum atomic E-state index is -3.50. The minimum Gasteiger partial charge on any atom is -0.395 e. The van der Waals surface area contributed by atoms with Gasteiger partial charge in [-0.15, -0.1) is 0 Å². The molecule has 1 fully saturated rings. The molecule has 4 nitrogen and oxygen atoms in total. The molecule has 0 aliphatic heterocycles. The Balaban J connectivity index is 2.36. The monoisotopic (exact) mass is 283 g/mol. The maximum absolute atomic E-state index is 12.7. The van der Waals surface area contributed by atoms with Crippen molar-refractivity contribution in [2.45, 2.75) is 43.5 Å². The second-order valence-corrected chi connectivity index (χ2v) is 6.90. The van der Waals surface area contributed by atoms with Crippen LogP contribution in [0.1, 0.15) is 31.2 Å². The van der Waals surface area contributed by atoms with E-state index in [1.165, 1.54) is 4.31 Å². The van der Waals surface area contributed by atoms with E-state index in [1.54, 1.807) is 25.1 Å². The summed E-state index contributed by atoms with van der Waals surface area (Å²) in [6.45, 7) is 1.85. The van der Waals surface area contributed by atoms with Crippen molar-refractivity contribution >= 4 is 10.0 Å². The van der Waals surface area contributed by atoms with Crippen molar-refractivity contribution in [1.82, 2.24) is 4.31 Å². The lowest BCUT2D eigenvalue weighted by molar-refractivity contribution is 0.226. The summed E-state index contributed by atoms with van der Waals surface area (Å²) in [6.07, 6.45) is 3.92. The lowest BCUT2D eigenvalue weighted by Crippen LogP contribution is -2.40. The molecule has 1 saturated carbocycles. The summed E-state index contributed by atoms with van der Waals surface area (Å²) < 4.78 is 27.0. The Labute approximate surface area is 115 Å². The van der Waals surface area contributed by atoms with Gasteiger partial charge in [-0.05, 0) is 31.4 Å². The SMILES string of the molecule is Cc1ccccc1S(=O)(=O)N(CCO)C1CCCC1. The summed E-state index contributed by atoms with van der Waals surface area (Å²) in [7, 11) is -3.50. The van der Waals surface area contributed by atoms with Crippen LogP contribution in [0.5, 0.6) is 0 Å². The van der Waals surface area contributed by atoms with Gasteiger partial charge in [0.25, 0.3) is 0 Å². The van der Waals surface area contributed by atoms with E-state index in [4.69, 9.17) is 0 Å². The second kappa shape index (κ2) is 6.03. The first-order valence-corrected chi connectivity index (χ1v) is 8.19. The summed E-state index contributed by atoms with van der Waals surface area (Å²) in [5, 5.41) is 9.17. The van der Waals surface area contributed by atoms with Gasteiger partial charge in [0.15, 0.2) is 0 Å². The lowest BCUT2D eigenvalue weighted by atomic mass is 10.2. The van der Waals surface area contributed by atoms with E-state index in [2.05, 4.69) is 0 Å². The van der Waals surface area contributed by atoms with Gasteiger partial charge in [-0.1, -0.05) is 31.0 Å². The third-order valence-corrected chi connectivity index (χ3v) is 5.84. The Hall–Kier alpha value is -0.910. The molecule has 0 radical (unpaired) electrons. The number of aliphatic hydroxyl groups is 1. The highest BCUT2D eigenvalue weighted by Crippen LogP contribution is 2.29. The van der Waals surface area contributed by atoms with E-state index in [0.717, 1.165) is 31.2 Å². The normalized spacial score (nSPS) is 17.2. The van der Waals surface area contributed by atoms with Crippen molar-refractivity contribution in [1.29, 1.82) is 0 Å². The molecule has 0 bridgehead atoms. The molecular formula is C14H21NO3S. The van der Waals surface area contributed by atoms with E-state index in [-0.39, 0.29) is 19.2 Å². The van der Waals surface area contributed by atoms with Crippen LogP contribution in [0.15, 0.2) is 29.2 Å². The van der Waals surface area contributed by atoms with Gasteiger partial charge < -0.3 is 5.11 Å². The Bertz CT molecular complexity index is 521. The molecule has 0 heterocycles. The van der Waals surface area contributed by atoms with Crippen LogP contribution in [-0.4, -0.2) is 37.0 Å². The minimum absolute atomic E-state index is 0.0387. The van der Waals surface area contributed by atoms with E-state index in [9.17, 15) is 13.5 Å². The van der Waals surface area contributed by atoms with Crippen LogP contribution in [0.25, 0.3) is 0 Å². The fraction of sp³-hybridized carbons (Fsp3) is 0.571. The van der Waals surface area contributed by atoms with Gasteiger partial charge in [-0.2, -0.15) is 4.31 Å². The van der Waals surface area contributed by atoms with E-state index >= 15 is 0 Å². The van der Waals surface area contributed by atoms with Gasteiger partial charge in [-0.25, -0.2) is 8.42 Å². The average molecular weight is 283 g/mol. The first-order valence-electron chi connectivity index (χ1n) is 6.75. The molecule has 19 heavy (non-hydrogen) atoms. The highest BCUT2D eigenvalue weighted by molar-refractivity contribution is 7.89. The highest BCUT2D eigenvalue weighted by atomic mass is 32.2. The van der Waals surface area contributed by atoms with Crippen LogP contribution in [0.3, 0.4) is 0 Å². The molecule has 1 aromatic rings. The molecule has 0 saturated heterocycles. The van der Waals surface area contributed by atoms with E-state index in [1.807, 2.05) is 6.07 Å².